The maximum Gasteiger partial charge on any atom is 0.243 e. The molecule has 4 aromatic rings. The first-order valence-electron chi connectivity index (χ1n) is 12.1. The Bertz CT molecular complexity index is 1560. The Balaban J connectivity index is 1.79. The highest BCUT2D eigenvalue weighted by atomic mass is 32.2. The molecule has 3 aromatic carbocycles. The van der Waals surface area contributed by atoms with Crippen LogP contribution in [0.25, 0.3) is 16.7 Å². The van der Waals surface area contributed by atoms with Crippen LogP contribution in [0.3, 0.4) is 0 Å². The molecule has 37 heavy (non-hydrogen) atoms. The number of hydrogen-bond acceptors (Lipinski definition) is 6. The van der Waals surface area contributed by atoms with Crippen molar-refractivity contribution in [1.29, 1.82) is 0 Å². The van der Waals surface area contributed by atoms with Crippen LogP contribution in [-0.2, 0) is 10.0 Å². The van der Waals surface area contributed by atoms with Gasteiger partial charge in [0, 0.05) is 18.7 Å². The number of Topliss-reactive ketones (excluding diaryl/α,β-unsaturated/α-hetero) is 1. The lowest BCUT2D eigenvalue weighted by molar-refractivity contribution is 0.102. The highest BCUT2D eigenvalue weighted by Gasteiger charge is 2.24. The number of benzene rings is 3. The topological polar surface area (TPSA) is 81.5 Å². The fraction of sp³-hybridized carbons (Fsp3) is 0.286. The van der Waals surface area contributed by atoms with Crippen LogP contribution in [-0.4, -0.2) is 54.0 Å². The minimum Gasteiger partial charge on any atom is -0.495 e. The van der Waals surface area contributed by atoms with Crippen molar-refractivity contribution < 1.29 is 17.9 Å². The summed E-state index contributed by atoms with van der Waals surface area (Å²) >= 11 is 1.32. The van der Waals surface area contributed by atoms with Crippen molar-refractivity contribution in [2.75, 3.05) is 26.0 Å². The van der Waals surface area contributed by atoms with Crippen LogP contribution >= 0.6 is 11.8 Å². The Labute approximate surface area is 222 Å². The van der Waals surface area contributed by atoms with Gasteiger partial charge in [0.05, 0.1) is 34.5 Å². The van der Waals surface area contributed by atoms with E-state index in [0.717, 1.165) is 22.3 Å². The van der Waals surface area contributed by atoms with E-state index in [2.05, 4.69) is 0 Å². The van der Waals surface area contributed by atoms with E-state index >= 15 is 0 Å². The predicted molar refractivity (Wildman–Crippen MR) is 149 cm³/mol. The molecular formula is C28H31N3O4S2. The smallest absolute Gasteiger partial charge is 0.243 e. The van der Waals surface area contributed by atoms with E-state index in [1.807, 2.05) is 74.7 Å². The number of aromatic nitrogens is 2. The Kier molecular flexibility index (Phi) is 8.06. The molecule has 0 aliphatic heterocycles. The second-order valence-electron chi connectivity index (χ2n) is 8.65. The molecule has 0 aliphatic rings. The van der Waals surface area contributed by atoms with E-state index in [4.69, 9.17) is 9.72 Å². The molecule has 1 heterocycles. The number of thioether (sulfide) groups is 1. The summed E-state index contributed by atoms with van der Waals surface area (Å²) in [6.07, 6.45) is 0. The molecule has 0 fully saturated rings. The van der Waals surface area contributed by atoms with Gasteiger partial charge in [0.2, 0.25) is 10.0 Å². The van der Waals surface area contributed by atoms with Crippen molar-refractivity contribution in [3.05, 3.63) is 77.4 Å². The summed E-state index contributed by atoms with van der Waals surface area (Å²) in [5.74, 6) is 0.825. The molecular weight excluding hydrogens is 506 g/mol. The lowest BCUT2D eigenvalue weighted by Gasteiger charge is -2.18. The predicted octanol–water partition coefficient (Wildman–Crippen LogP) is 5.66. The number of nitrogens with zero attached hydrogens (tertiary/aromatic N) is 3. The monoisotopic (exact) mass is 537 g/mol. The second kappa shape index (κ2) is 11.1. The van der Waals surface area contributed by atoms with Crippen LogP contribution < -0.4 is 4.74 Å². The van der Waals surface area contributed by atoms with Crippen molar-refractivity contribution in [1.82, 2.24) is 13.9 Å². The van der Waals surface area contributed by atoms with Crippen molar-refractivity contribution in [2.24, 2.45) is 0 Å². The number of rotatable bonds is 10. The number of para-hydroxylation sites is 2. The molecule has 0 saturated carbocycles. The number of fused-ring (bicyclic) bond motifs is 1. The molecule has 1 aromatic heterocycles. The largest absolute Gasteiger partial charge is 0.495 e. The SMILES string of the molecule is CCN(CC)S(=O)(=O)c1ccc2c(c1)nc(SCC(=O)c1ccc(C)c(C)c1)n2-c1ccccc1OC. The van der Waals surface area contributed by atoms with Gasteiger partial charge in [-0.1, -0.05) is 49.9 Å². The number of carbonyl (C=O) groups excluding carboxylic acids is 1. The number of sulfonamides is 1. The quantitative estimate of drug-likeness (QED) is 0.192. The van der Waals surface area contributed by atoms with Gasteiger partial charge in [-0.15, -0.1) is 0 Å². The van der Waals surface area contributed by atoms with Crippen molar-refractivity contribution in [3.63, 3.8) is 0 Å². The summed E-state index contributed by atoms with van der Waals surface area (Å²) < 4.78 is 35.2. The lowest BCUT2D eigenvalue weighted by atomic mass is 10.0. The van der Waals surface area contributed by atoms with Crippen LogP contribution in [0.5, 0.6) is 5.75 Å². The van der Waals surface area contributed by atoms with Gasteiger partial charge in [-0.2, -0.15) is 4.31 Å². The van der Waals surface area contributed by atoms with E-state index in [-0.39, 0.29) is 16.4 Å². The van der Waals surface area contributed by atoms with Gasteiger partial charge in [0.15, 0.2) is 10.9 Å². The van der Waals surface area contributed by atoms with Gasteiger partial charge in [0.1, 0.15) is 5.75 Å². The summed E-state index contributed by atoms with van der Waals surface area (Å²) in [6.45, 7) is 8.41. The summed E-state index contributed by atoms with van der Waals surface area (Å²) in [4.78, 5) is 18.0. The zero-order valence-electron chi connectivity index (χ0n) is 21.7. The first-order chi connectivity index (χ1) is 17.7. The Morgan fingerprint density at radius 2 is 1.73 bits per heavy atom. The lowest BCUT2D eigenvalue weighted by Crippen LogP contribution is -2.30. The van der Waals surface area contributed by atoms with E-state index in [0.29, 0.717) is 35.1 Å². The van der Waals surface area contributed by atoms with E-state index < -0.39 is 10.0 Å². The zero-order valence-corrected chi connectivity index (χ0v) is 23.3. The average molecular weight is 538 g/mol. The minimum atomic E-state index is -3.64. The summed E-state index contributed by atoms with van der Waals surface area (Å²) in [7, 11) is -2.04. The first kappa shape index (κ1) is 26.9. The van der Waals surface area contributed by atoms with Gasteiger partial charge in [-0.25, -0.2) is 13.4 Å². The number of ether oxygens (including phenoxy) is 1. The summed E-state index contributed by atoms with van der Waals surface area (Å²) in [5, 5.41) is 0.578. The number of hydrogen-bond donors (Lipinski definition) is 0. The van der Waals surface area contributed by atoms with Crippen LogP contribution in [0.1, 0.15) is 35.3 Å². The number of ketones is 1. The highest BCUT2D eigenvalue weighted by Crippen LogP contribution is 2.34. The Morgan fingerprint density at radius 3 is 2.41 bits per heavy atom. The van der Waals surface area contributed by atoms with Crippen molar-refractivity contribution in [2.45, 2.75) is 37.7 Å². The molecule has 9 heteroatoms. The van der Waals surface area contributed by atoms with Gasteiger partial charge in [-0.05, 0) is 61.4 Å². The van der Waals surface area contributed by atoms with Crippen LogP contribution in [0.4, 0.5) is 0 Å². The molecule has 0 spiro atoms. The van der Waals surface area contributed by atoms with Gasteiger partial charge >= 0.3 is 0 Å². The normalized spacial score (nSPS) is 11.8. The third-order valence-electron chi connectivity index (χ3n) is 6.43. The number of aryl methyl sites for hydroxylation is 2. The zero-order chi connectivity index (χ0) is 26.7. The fourth-order valence-electron chi connectivity index (χ4n) is 4.18. The Morgan fingerprint density at radius 1 is 1.00 bits per heavy atom. The fourth-order valence-corrected chi connectivity index (χ4v) is 6.58. The van der Waals surface area contributed by atoms with Crippen molar-refractivity contribution in [3.8, 4) is 11.4 Å². The van der Waals surface area contributed by atoms with Crippen molar-refractivity contribution >= 4 is 38.6 Å². The van der Waals surface area contributed by atoms with E-state index in [1.54, 1.807) is 25.3 Å². The number of methoxy groups -OCH3 is 1. The van der Waals surface area contributed by atoms with Crippen LogP contribution in [0.15, 0.2) is 70.7 Å². The molecule has 7 nitrogen and oxygen atoms in total. The average Bonchev–Trinajstić information content (AvgIpc) is 3.26. The van der Waals surface area contributed by atoms with Crippen LogP contribution in [0.2, 0.25) is 0 Å². The van der Waals surface area contributed by atoms with Gasteiger partial charge < -0.3 is 4.74 Å². The molecule has 0 bridgehead atoms. The maximum atomic E-state index is 13.1. The number of carbonyl (C=O) groups is 1. The maximum absolute atomic E-state index is 13.1. The third kappa shape index (κ3) is 5.30. The van der Waals surface area contributed by atoms with Gasteiger partial charge in [-0.3, -0.25) is 9.36 Å². The third-order valence-corrected chi connectivity index (χ3v) is 9.41. The van der Waals surface area contributed by atoms with Gasteiger partial charge in [0.25, 0.3) is 0 Å². The molecule has 0 radical (unpaired) electrons. The molecule has 4 rings (SSSR count). The number of imidazole rings is 1. The van der Waals surface area contributed by atoms with Crippen LogP contribution in [0, 0.1) is 13.8 Å². The van der Waals surface area contributed by atoms with E-state index in [1.165, 1.54) is 16.1 Å². The molecule has 0 unspecified atom stereocenters. The second-order valence-corrected chi connectivity index (χ2v) is 11.5. The molecule has 0 N–H and O–H groups in total. The minimum absolute atomic E-state index is 0.00321. The summed E-state index contributed by atoms with van der Waals surface area (Å²) in [5.41, 5.74) is 4.87. The van der Waals surface area contributed by atoms with E-state index in [9.17, 15) is 13.2 Å². The molecule has 0 saturated heterocycles. The molecule has 0 amide bonds. The molecule has 0 aliphatic carbocycles. The Hall–Kier alpha value is -3.14. The summed E-state index contributed by atoms with van der Waals surface area (Å²) in [6, 6.07) is 18.2. The molecule has 194 valence electrons. The highest BCUT2D eigenvalue weighted by molar-refractivity contribution is 7.99. The standard InChI is InChI=1S/C28H31N3O4S2/c1-6-30(7-2)37(33,34)22-14-15-24-23(17-22)29-28(31(24)25-10-8-9-11-27(25)35-5)36-18-26(32)21-13-12-19(3)20(4)16-21/h8-17H,6-7,18H2,1-5H3. The first-order valence-corrected chi connectivity index (χ1v) is 14.5. The molecule has 0 atom stereocenters.